The predicted molar refractivity (Wildman–Crippen MR) is 220 cm³/mol. The van der Waals surface area contributed by atoms with Crippen LogP contribution < -0.4 is 0 Å². The lowest BCUT2D eigenvalue weighted by molar-refractivity contribution is -0.385. The van der Waals surface area contributed by atoms with Crippen molar-refractivity contribution in [1.29, 1.82) is 0 Å². The fourth-order valence-corrected chi connectivity index (χ4v) is 10.7. The quantitative estimate of drug-likeness (QED) is 0.0437. The van der Waals surface area contributed by atoms with Gasteiger partial charge in [0, 0.05) is 39.1 Å². The van der Waals surface area contributed by atoms with Crippen LogP contribution in [0.25, 0.3) is 0 Å². The van der Waals surface area contributed by atoms with Gasteiger partial charge in [0.15, 0.2) is 31.1 Å². The lowest BCUT2D eigenvalue weighted by Crippen LogP contribution is -2.65. The van der Waals surface area contributed by atoms with Gasteiger partial charge < -0.3 is 114 Å². The van der Waals surface area contributed by atoms with Gasteiger partial charge in [-0.25, -0.2) is 4.79 Å². The number of carbonyl (C=O) groups excluding carboxylic acids is 1. The minimum absolute atomic E-state index is 0.0861. The second-order valence-corrected chi connectivity index (χ2v) is 19.2. The zero-order valence-electron chi connectivity index (χ0n) is 37.4. The van der Waals surface area contributed by atoms with E-state index in [2.05, 4.69) is 0 Å². The zero-order chi connectivity index (χ0) is 48.4. The fraction of sp³-hybridized carbons (Fsp3) is 0.930. The number of methoxy groups -OCH3 is 2. The standard InChI is InChI=1S/C43H70O24/c1-58-25-7-16(8-26(59-2)32(25)51)3-6-30(49)60-14-28-33(52)35(54)38(57)41(65-28)62-15-29-34(53)36(55)40(67-42-37(56)31(50)23(48)13-61-42)43(66-29)64-27-12-19-21(46)10-18(44)11-24(19)63-39(27)17-4-5-20(45)22(47)9-17/h3,6,16-29,31-48,50-57H,4-5,7-15H2,1-2H3/p+1/t16?,17?,18?,19?,20?,21?,22?,23-,24?,25?,26?,27?,28-,29-,31+,32?,33-,34+,35+,36+,37-,38-,39?,40-,41-,42+,43+/m1/s1. The van der Waals surface area contributed by atoms with E-state index in [0.717, 1.165) is 6.08 Å². The first kappa shape index (κ1) is 53.1. The van der Waals surface area contributed by atoms with Crippen LogP contribution in [0.5, 0.6) is 0 Å². The summed E-state index contributed by atoms with van der Waals surface area (Å²) < 4.78 is 56.8. The minimum Gasteiger partial charge on any atom is -0.460 e. The molecule has 386 valence electrons. The number of rotatable bonds is 14. The Balaban J connectivity index is 1.05. The summed E-state index contributed by atoms with van der Waals surface area (Å²) in [6, 6.07) is 0. The normalized spacial score (nSPS) is 51.0. The van der Waals surface area contributed by atoms with E-state index in [1.165, 1.54) is 14.2 Å². The highest BCUT2D eigenvalue weighted by Gasteiger charge is 2.57. The van der Waals surface area contributed by atoms with Gasteiger partial charge in [-0.05, 0) is 44.4 Å². The second kappa shape index (κ2) is 23.3. The summed E-state index contributed by atoms with van der Waals surface area (Å²) in [5.74, 6) is -1.88. The van der Waals surface area contributed by atoms with Gasteiger partial charge in [-0.1, -0.05) is 6.08 Å². The van der Waals surface area contributed by atoms with E-state index >= 15 is 0 Å². The Morgan fingerprint density at radius 3 is 1.94 bits per heavy atom. The molecule has 7 rings (SSSR count). The highest BCUT2D eigenvalue weighted by Crippen LogP contribution is 2.43. The molecule has 0 amide bonds. The molecular formula is C43H71O24+. The number of hydrogen-bond donors (Lipinski definition) is 13. The molecule has 4 heterocycles. The average molecular weight is 972 g/mol. The third-order valence-corrected chi connectivity index (χ3v) is 14.7. The molecule has 24 heteroatoms. The van der Waals surface area contributed by atoms with Crippen LogP contribution in [0.4, 0.5) is 0 Å². The van der Waals surface area contributed by atoms with Crippen molar-refractivity contribution in [2.24, 2.45) is 17.8 Å². The molecule has 0 aromatic heterocycles. The number of ether oxygens (including phenoxy) is 10. The van der Waals surface area contributed by atoms with Gasteiger partial charge in [0.2, 0.25) is 0 Å². The summed E-state index contributed by atoms with van der Waals surface area (Å²) in [4.78, 5) is 12.8. The molecule has 0 radical (unpaired) electrons. The predicted octanol–water partition coefficient (Wildman–Crippen LogP) is -6.31. The van der Waals surface area contributed by atoms with Gasteiger partial charge in [-0.15, -0.1) is 0 Å². The van der Waals surface area contributed by atoms with Crippen molar-refractivity contribution < 1.29 is 119 Å². The van der Waals surface area contributed by atoms with E-state index in [0.29, 0.717) is 19.3 Å². The van der Waals surface area contributed by atoms with Crippen molar-refractivity contribution in [3.05, 3.63) is 12.2 Å². The van der Waals surface area contributed by atoms with E-state index in [4.69, 9.17) is 47.4 Å². The molecule has 67 heavy (non-hydrogen) atoms. The number of allylic oxidation sites excluding steroid dienone is 1. The Kier molecular flexibility index (Phi) is 18.4. The van der Waals surface area contributed by atoms with Gasteiger partial charge in [-0.3, -0.25) is 0 Å². The molecule has 11 unspecified atom stereocenters. The van der Waals surface area contributed by atoms with Gasteiger partial charge in [-0.2, -0.15) is 0 Å². The van der Waals surface area contributed by atoms with Crippen LogP contribution in [0.2, 0.25) is 0 Å². The maximum atomic E-state index is 12.8. The highest BCUT2D eigenvalue weighted by atomic mass is 16.8. The number of carbonyl (C=O) groups is 1. The summed E-state index contributed by atoms with van der Waals surface area (Å²) in [6.07, 6.45) is -26.9. The van der Waals surface area contributed by atoms with E-state index in [1.807, 2.05) is 0 Å². The van der Waals surface area contributed by atoms with Crippen molar-refractivity contribution in [2.45, 2.75) is 198 Å². The van der Waals surface area contributed by atoms with E-state index in [1.54, 1.807) is 6.08 Å². The molecule has 0 bridgehead atoms. The van der Waals surface area contributed by atoms with E-state index < -0.39 is 179 Å². The maximum Gasteiger partial charge on any atom is 0.330 e. The van der Waals surface area contributed by atoms with Crippen molar-refractivity contribution in [3.8, 4) is 0 Å². The van der Waals surface area contributed by atoms with Crippen LogP contribution in [-0.2, 0) is 47.4 Å². The largest absolute Gasteiger partial charge is 0.460 e. The average Bonchev–Trinajstić information content (AvgIpc) is 3.30. The molecule has 4 saturated heterocycles. The molecule has 4 aliphatic heterocycles. The summed E-state index contributed by atoms with van der Waals surface area (Å²) >= 11 is 0. The first-order chi connectivity index (χ1) is 31.9. The fourth-order valence-electron chi connectivity index (χ4n) is 10.7. The van der Waals surface area contributed by atoms with Crippen molar-refractivity contribution in [1.82, 2.24) is 0 Å². The number of aliphatic hydroxyl groups excluding tert-OH is 13. The van der Waals surface area contributed by atoms with Gasteiger partial charge >= 0.3 is 5.97 Å². The molecule has 7 fully saturated rings. The van der Waals surface area contributed by atoms with Crippen molar-refractivity contribution in [3.63, 3.8) is 0 Å². The molecular weight excluding hydrogens is 900 g/mol. The van der Waals surface area contributed by atoms with Gasteiger partial charge in [0.1, 0.15) is 86.0 Å². The molecule has 25 atom stereocenters. The Bertz CT molecular complexity index is 1580. The summed E-state index contributed by atoms with van der Waals surface area (Å²) in [6.45, 7) is -1.75. The van der Waals surface area contributed by atoms with E-state index in [9.17, 15) is 71.2 Å². The Labute approximate surface area is 386 Å². The molecule has 14 N–H and O–H groups in total. The zero-order valence-corrected chi connectivity index (χ0v) is 37.4. The second-order valence-electron chi connectivity index (χ2n) is 19.2. The molecule has 0 spiro atoms. The molecule has 0 aromatic rings. The van der Waals surface area contributed by atoms with Crippen molar-refractivity contribution >= 4 is 5.97 Å². The van der Waals surface area contributed by atoms with Crippen LogP contribution in [0.15, 0.2) is 12.2 Å². The maximum absolute atomic E-state index is 12.8. The lowest BCUT2D eigenvalue weighted by atomic mass is 9.72. The van der Waals surface area contributed by atoms with Gasteiger partial charge in [0.25, 0.3) is 0 Å². The number of aliphatic hydroxyl groups is 15. The number of hydrogen-bond acceptors (Lipinski definition) is 23. The Morgan fingerprint density at radius 2 is 1.25 bits per heavy atom. The van der Waals surface area contributed by atoms with Crippen LogP contribution in [0.1, 0.15) is 51.4 Å². The number of fused-ring (bicyclic) bond motifs is 1. The first-order valence-electron chi connectivity index (χ1n) is 23.2. The molecule has 0 aromatic carbocycles. The Morgan fingerprint density at radius 1 is 0.597 bits per heavy atom. The van der Waals surface area contributed by atoms with Gasteiger partial charge in [0.05, 0.1) is 55.8 Å². The number of esters is 1. The first-order valence-corrected chi connectivity index (χ1v) is 23.2. The van der Waals surface area contributed by atoms with Crippen molar-refractivity contribution in [2.75, 3.05) is 34.0 Å². The SMILES string of the molecule is COC1CC(C=CC(=O)OC[C@H]2O[C@@H](OC[C@H]3O[C@H](OC4CC5C(O)CC(O)CC5[OH+]C4C4CCC(O)C(O)C4)[C@H](O[C@@H]4OC[C@@H](O)[C@H](O)[C@H]4O)[C@@H](O)[C@H]3O)[C@H](O)[C@@H](O)[C@@H]2O)CC(OC)C1O. The highest BCUT2D eigenvalue weighted by molar-refractivity contribution is 5.81. The van der Waals surface area contributed by atoms with Crippen LogP contribution in [-0.4, -0.2) is 258 Å². The molecule has 24 nitrogen and oxygen atoms in total. The molecule has 3 aliphatic carbocycles. The monoisotopic (exact) mass is 971 g/mol. The van der Waals surface area contributed by atoms with Crippen LogP contribution in [0, 0.1) is 17.8 Å². The van der Waals surface area contributed by atoms with Crippen LogP contribution in [0.3, 0.4) is 0 Å². The summed E-state index contributed by atoms with van der Waals surface area (Å²) in [7, 11) is 2.92. The third-order valence-electron chi connectivity index (χ3n) is 14.7. The summed E-state index contributed by atoms with van der Waals surface area (Å²) in [5.41, 5.74) is 0. The molecule has 7 aliphatic rings. The topological polar surface area (TPSA) is 376 Å². The smallest absolute Gasteiger partial charge is 0.330 e. The van der Waals surface area contributed by atoms with Crippen LogP contribution >= 0.6 is 0 Å². The van der Waals surface area contributed by atoms with E-state index in [-0.39, 0.29) is 43.9 Å². The molecule has 3 saturated carbocycles. The minimum atomic E-state index is -1.91. The summed E-state index contributed by atoms with van der Waals surface area (Å²) in [5, 5.41) is 140. The Hall–Kier alpha value is -1.67. The third kappa shape index (κ3) is 12.2. The lowest BCUT2D eigenvalue weighted by Gasteiger charge is -2.49.